The van der Waals surface area contributed by atoms with Crippen molar-refractivity contribution in [3.63, 3.8) is 0 Å². The van der Waals surface area contributed by atoms with Gasteiger partial charge in [-0.1, -0.05) is 22.0 Å². The van der Waals surface area contributed by atoms with Crippen molar-refractivity contribution in [2.75, 3.05) is 13.7 Å². The molecule has 3 heterocycles. The van der Waals surface area contributed by atoms with Crippen LogP contribution in [0.5, 0.6) is 0 Å². The number of rotatable bonds is 6. The van der Waals surface area contributed by atoms with E-state index in [1.165, 1.54) is 13.2 Å². The van der Waals surface area contributed by atoms with Gasteiger partial charge in [-0.25, -0.2) is 4.39 Å². The fraction of sp³-hybridized carbons (Fsp3) is 0.227. The van der Waals surface area contributed by atoms with Crippen LogP contribution in [-0.2, 0) is 9.53 Å². The van der Waals surface area contributed by atoms with Gasteiger partial charge < -0.3 is 19.4 Å². The Kier molecular flexibility index (Phi) is 6.33. The van der Waals surface area contributed by atoms with Crippen molar-refractivity contribution in [1.82, 2.24) is 15.2 Å². The average Bonchev–Trinajstić information content (AvgIpc) is 3.37. The lowest BCUT2D eigenvalue weighted by Gasteiger charge is -2.25. The van der Waals surface area contributed by atoms with Crippen LogP contribution in [0.4, 0.5) is 4.39 Å². The minimum atomic E-state index is -0.390. The SMILES string of the molecule is COC(=O)CCN1C(=S)N[C@@H](c2ccccn2)[C@H]1c1ccc(-c2ccc(Br)cc2F)o1. The van der Waals surface area contributed by atoms with Gasteiger partial charge in [0.05, 0.1) is 30.8 Å². The number of hydrogen-bond donors (Lipinski definition) is 1. The standard InChI is InChI=1S/C22H19BrFN3O3S/c1-29-19(28)9-11-27-21(20(26-22(27)31)16-4-2-3-10-25-16)18-8-7-17(30-18)14-6-5-13(23)12-15(14)24/h2-8,10,12,20-21H,9,11H2,1H3,(H,26,31)/t20-,21+/m0/s1. The molecule has 0 saturated carbocycles. The monoisotopic (exact) mass is 503 g/mol. The molecule has 0 radical (unpaired) electrons. The van der Waals surface area contributed by atoms with Gasteiger partial charge in [-0.15, -0.1) is 0 Å². The number of ether oxygens (including phenoxy) is 1. The Morgan fingerprint density at radius 3 is 2.87 bits per heavy atom. The van der Waals surface area contributed by atoms with Crippen molar-refractivity contribution in [3.8, 4) is 11.3 Å². The van der Waals surface area contributed by atoms with Crippen LogP contribution < -0.4 is 5.32 Å². The van der Waals surface area contributed by atoms with Gasteiger partial charge in [-0.2, -0.15) is 0 Å². The molecular weight excluding hydrogens is 485 g/mol. The van der Waals surface area contributed by atoms with Crippen LogP contribution in [-0.4, -0.2) is 34.6 Å². The number of halogens is 2. The number of nitrogens with zero attached hydrogens (tertiary/aromatic N) is 2. The van der Waals surface area contributed by atoms with Gasteiger partial charge in [0.2, 0.25) is 0 Å². The molecule has 1 aliphatic rings. The summed E-state index contributed by atoms with van der Waals surface area (Å²) in [6.07, 6.45) is 1.87. The highest BCUT2D eigenvalue weighted by Gasteiger charge is 2.41. The van der Waals surface area contributed by atoms with Crippen LogP contribution in [0, 0.1) is 5.82 Å². The highest BCUT2D eigenvalue weighted by atomic mass is 79.9. The van der Waals surface area contributed by atoms with Crippen LogP contribution in [0.1, 0.15) is 30.0 Å². The molecule has 2 atom stereocenters. The molecule has 0 amide bonds. The number of esters is 1. The van der Waals surface area contributed by atoms with Gasteiger partial charge in [0, 0.05) is 17.2 Å². The highest BCUT2D eigenvalue weighted by molar-refractivity contribution is 9.10. The van der Waals surface area contributed by atoms with E-state index < -0.39 is 0 Å². The minimum Gasteiger partial charge on any atom is -0.469 e. The lowest BCUT2D eigenvalue weighted by Crippen LogP contribution is -2.31. The fourth-order valence-corrected chi connectivity index (χ4v) is 4.28. The predicted octanol–water partition coefficient (Wildman–Crippen LogP) is 4.78. The average molecular weight is 504 g/mol. The Morgan fingerprint density at radius 2 is 2.16 bits per heavy atom. The highest BCUT2D eigenvalue weighted by Crippen LogP contribution is 2.40. The van der Waals surface area contributed by atoms with E-state index in [1.807, 2.05) is 23.1 Å². The lowest BCUT2D eigenvalue weighted by atomic mass is 10.0. The molecule has 0 aliphatic carbocycles. The maximum Gasteiger partial charge on any atom is 0.307 e. The molecule has 1 aliphatic heterocycles. The number of nitrogens with one attached hydrogen (secondary N) is 1. The number of carbonyl (C=O) groups excluding carboxylic acids is 1. The molecule has 9 heteroatoms. The molecule has 3 aromatic rings. The maximum atomic E-state index is 14.5. The van der Waals surface area contributed by atoms with Gasteiger partial charge in [0.25, 0.3) is 0 Å². The lowest BCUT2D eigenvalue weighted by molar-refractivity contribution is -0.140. The summed E-state index contributed by atoms with van der Waals surface area (Å²) in [6.45, 7) is 0.342. The molecule has 1 N–H and O–H groups in total. The Morgan fingerprint density at radius 1 is 1.32 bits per heavy atom. The van der Waals surface area contributed by atoms with Crippen molar-refractivity contribution in [3.05, 3.63) is 76.5 Å². The van der Waals surface area contributed by atoms with Crippen molar-refractivity contribution in [1.29, 1.82) is 0 Å². The molecule has 0 spiro atoms. The fourth-order valence-electron chi connectivity index (χ4n) is 3.61. The van der Waals surface area contributed by atoms with E-state index in [0.29, 0.717) is 33.2 Å². The third kappa shape index (κ3) is 4.47. The van der Waals surface area contributed by atoms with E-state index in [-0.39, 0.29) is 30.3 Å². The van der Waals surface area contributed by atoms with Crippen molar-refractivity contribution >= 4 is 39.2 Å². The second kappa shape index (κ2) is 9.15. The van der Waals surface area contributed by atoms with Crippen molar-refractivity contribution < 1.29 is 18.3 Å². The number of methoxy groups -OCH3 is 1. The molecule has 0 bridgehead atoms. The first-order valence-electron chi connectivity index (χ1n) is 9.58. The summed E-state index contributed by atoms with van der Waals surface area (Å²) in [5.41, 5.74) is 1.14. The van der Waals surface area contributed by atoms with Gasteiger partial charge >= 0.3 is 5.97 Å². The normalized spacial score (nSPS) is 18.2. The molecule has 1 aromatic carbocycles. The number of benzene rings is 1. The Bertz CT molecular complexity index is 1110. The zero-order valence-corrected chi connectivity index (χ0v) is 19.0. The summed E-state index contributed by atoms with van der Waals surface area (Å²) in [5, 5.41) is 3.76. The van der Waals surface area contributed by atoms with Crippen molar-refractivity contribution in [2.24, 2.45) is 0 Å². The Balaban J connectivity index is 1.70. The Labute approximate surface area is 192 Å². The number of pyridine rings is 1. The summed E-state index contributed by atoms with van der Waals surface area (Å²) < 4.78 is 26.0. The van der Waals surface area contributed by atoms with E-state index in [2.05, 4.69) is 26.2 Å². The van der Waals surface area contributed by atoms with Crippen LogP contribution in [0.2, 0.25) is 0 Å². The molecular formula is C22H19BrFN3O3S. The molecule has 0 unspecified atom stereocenters. The van der Waals surface area contributed by atoms with Gasteiger partial charge in [-0.3, -0.25) is 9.78 Å². The topological polar surface area (TPSA) is 67.6 Å². The molecule has 31 heavy (non-hydrogen) atoms. The van der Waals surface area contributed by atoms with E-state index in [9.17, 15) is 9.18 Å². The number of hydrogen-bond acceptors (Lipinski definition) is 5. The molecule has 2 aromatic heterocycles. The van der Waals surface area contributed by atoms with E-state index in [0.717, 1.165) is 5.69 Å². The summed E-state index contributed by atoms with van der Waals surface area (Å²) in [6, 6.07) is 13.3. The van der Waals surface area contributed by atoms with Crippen LogP contribution in [0.25, 0.3) is 11.3 Å². The quantitative estimate of drug-likeness (QED) is 0.383. The molecule has 6 nitrogen and oxygen atoms in total. The molecule has 160 valence electrons. The first-order valence-corrected chi connectivity index (χ1v) is 10.8. The second-order valence-corrected chi connectivity index (χ2v) is 8.27. The summed E-state index contributed by atoms with van der Waals surface area (Å²) >= 11 is 8.81. The van der Waals surface area contributed by atoms with Crippen LogP contribution in [0.3, 0.4) is 0 Å². The number of thiocarbonyl (C=S) groups is 1. The van der Waals surface area contributed by atoms with Gasteiger partial charge in [-0.05, 0) is 54.7 Å². The third-order valence-corrected chi connectivity index (χ3v) is 5.94. The third-order valence-electron chi connectivity index (χ3n) is 5.10. The zero-order chi connectivity index (χ0) is 22.0. The smallest absolute Gasteiger partial charge is 0.307 e. The largest absolute Gasteiger partial charge is 0.469 e. The number of aromatic nitrogens is 1. The maximum absolute atomic E-state index is 14.5. The van der Waals surface area contributed by atoms with Gasteiger partial charge in [0.15, 0.2) is 5.11 Å². The molecule has 1 saturated heterocycles. The predicted molar refractivity (Wildman–Crippen MR) is 121 cm³/mol. The number of carbonyl (C=O) groups is 1. The first-order chi connectivity index (χ1) is 15.0. The zero-order valence-electron chi connectivity index (χ0n) is 16.5. The van der Waals surface area contributed by atoms with Gasteiger partial charge in [0.1, 0.15) is 23.4 Å². The first kappa shape index (κ1) is 21.5. The van der Waals surface area contributed by atoms with E-state index >= 15 is 0 Å². The van der Waals surface area contributed by atoms with Crippen LogP contribution >= 0.6 is 28.1 Å². The van der Waals surface area contributed by atoms with E-state index in [4.69, 9.17) is 21.4 Å². The summed E-state index contributed by atoms with van der Waals surface area (Å²) in [7, 11) is 1.35. The van der Waals surface area contributed by atoms with Crippen molar-refractivity contribution in [2.45, 2.75) is 18.5 Å². The molecule has 4 rings (SSSR count). The summed E-state index contributed by atoms with van der Waals surface area (Å²) in [4.78, 5) is 18.1. The molecule has 1 fully saturated rings. The van der Waals surface area contributed by atoms with Crippen LogP contribution in [0.15, 0.2) is 63.6 Å². The second-order valence-electron chi connectivity index (χ2n) is 6.97. The Hall–Kier alpha value is -2.78. The van der Waals surface area contributed by atoms with E-state index in [1.54, 1.807) is 30.5 Å². The summed E-state index contributed by atoms with van der Waals surface area (Å²) in [5.74, 6) is 0.273. The minimum absolute atomic E-state index is 0.165. The number of furan rings is 1.